The first-order valence-corrected chi connectivity index (χ1v) is 11.5. The summed E-state index contributed by atoms with van der Waals surface area (Å²) in [5.41, 5.74) is 1.71. The van der Waals surface area contributed by atoms with Gasteiger partial charge >= 0.3 is 0 Å². The van der Waals surface area contributed by atoms with E-state index in [1.165, 1.54) is 24.5 Å². The van der Waals surface area contributed by atoms with Crippen LogP contribution in [0.4, 0.5) is 15.9 Å². The summed E-state index contributed by atoms with van der Waals surface area (Å²) >= 11 is 11.9. The summed E-state index contributed by atoms with van der Waals surface area (Å²) in [4.78, 5) is 22.4. The van der Waals surface area contributed by atoms with Gasteiger partial charge in [-0.25, -0.2) is 14.4 Å². The number of fused-ring (bicyclic) bond motifs is 1. The van der Waals surface area contributed by atoms with Crippen molar-refractivity contribution in [3.8, 4) is 5.75 Å². The molecule has 1 N–H and O–H groups in total. The van der Waals surface area contributed by atoms with E-state index in [2.05, 4.69) is 21.9 Å². The van der Waals surface area contributed by atoms with Crippen LogP contribution in [0.1, 0.15) is 17.9 Å². The van der Waals surface area contributed by atoms with Crippen LogP contribution in [0.5, 0.6) is 5.75 Å². The molecule has 2 saturated heterocycles. The van der Waals surface area contributed by atoms with E-state index in [0.29, 0.717) is 48.8 Å². The van der Waals surface area contributed by atoms with Gasteiger partial charge in [-0.15, -0.1) is 0 Å². The van der Waals surface area contributed by atoms with E-state index in [1.807, 2.05) is 12.1 Å². The van der Waals surface area contributed by atoms with Crippen molar-refractivity contribution in [1.82, 2.24) is 14.9 Å². The molecule has 2 aliphatic heterocycles. The first-order chi connectivity index (χ1) is 16.4. The minimum Gasteiger partial charge on any atom is -0.488 e. The smallest absolute Gasteiger partial charge is 0.245 e. The summed E-state index contributed by atoms with van der Waals surface area (Å²) in [6.07, 6.45) is 3.46. The highest BCUT2D eigenvalue weighted by molar-refractivity contribution is 6.42. The van der Waals surface area contributed by atoms with E-state index in [1.54, 1.807) is 4.90 Å². The lowest BCUT2D eigenvalue weighted by Gasteiger charge is -2.39. The minimum atomic E-state index is -0.667. The van der Waals surface area contributed by atoms with Gasteiger partial charge in [0.15, 0.2) is 5.82 Å². The van der Waals surface area contributed by atoms with Gasteiger partial charge in [0.1, 0.15) is 24.0 Å². The molecule has 5 rings (SSSR count). The molecule has 3 heterocycles. The average Bonchev–Trinajstić information content (AvgIpc) is 3.32. The molecule has 34 heavy (non-hydrogen) atoms. The van der Waals surface area contributed by atoms with Gasteiger partial charge in [-0.3, -0.25) is 4.79 Å². The number of carbonyl (C=O) groups is 1. The summed E-state index contributed by atoms with van der Waals surface area (Å²) < 4.78 is 26.4. The molecule has 1 amide bonds. The van der Waals surface area contributed by atoms with E-state index >= 15 is 0 Å². The van der Waals surface area contributed by atoms with Crippen molar-refractivity contribution in [1.29, 1.82) is 0 Å². The number of nitrogens with zero attached hydrogens (tertiary/aromatic N) is 3. The number of benzene rings is 2. The van der Waals surface area contributed by atoms with Gasteiger partial charge in [0, 0.05) is 42.4 Å². The van der Waals surface area contributed by atoms with E-state index in [9.17, 15) is 9.18 Å². The summed E-state index contributed by atoms with van der Waals surface area (Å²) in [6.45, 7) is 5.83. The van der Waals surface area contributed by atoms with E-state index in [-0.39, 0.29) is 33.7 Å². The predicted molar refractivity (Wildman–Crippen MR) is 129 cm³/mol. The van der Waals surface area contributed by atoms with Gasteiger partial charge < -0.3 is 19.7 Å². The Morgan fingerprint density at radius 2 is 2.12 bits per heavy atom. The molecule has 0 aliphatic carbocycles. The Hall–Kier alpha value is -2.94. The number of hydrogen-bond donors (Lipinski definition) is 1. The topological polar surface area (TPSA) is 76.6 Å². The number of rotatable bonds is 6. The third-order valence-corrected chi connectivity index (χ3v) is 6.83. The summed E-state index contributed by atoms with van der Waals surface area (Å²) in [7, 11) is 0. The van der Waals surface area contributed by atoms with Crippen molar-refractivity contribution >= 4 is 51.5 Å². The van der Waals surface area contributed by atoms with Gasteiger partial charge in [0.2, 0.25) is 5.91 Å². The van der Waals surface area contributed by atoms with Gasteiger partial charge in [-0.05, 0) is 24.3 Å². The molecule has 2 fully saturated rings. The summed E-state index contributed by atoms with van der Waals surface area (Å²) in [5.74, 6) is 0.409. The molecule has 0 unspecified atom stereocenters. The lowest BCUT2D eigenvalue weighted by atomic mass is 9.89. The van der Waals surface area contributed by atoms with E-state index in [0.717, 1.165) is 12.0 Å². The van der Waals surface area contributed by atoms with Crippen LogP contribution in [-0.4, -0.2) is 53.2 Å². The highest BCUT2D eigenvalue weighted by Gasteiger charge is 2.34. The van der Waals surface area contributed by atoms with Crippen molar-refractivity contribution in [3.05, 3.63) is 64.7 Å². The highest BCUT2D eigenvalue weighted by Crippen LogP contribution is 2.39. The molecule has 1 atom stereocenters. The van der Waals surface area contributed by atoms with Gasteiger partial charge in [0.05, 0.1) is 34.5 Å². The molecular formula is C24H21Cl2FN4O3. The van der Waals surface area contributed by atoms with Crippen molar-refractivity contribution in [2.45, 2.75) is 18.4 Å². The molecule has 0 saturated carbocycles. The summed E-state index contributed by atoms with van der Waals surface area (Å²) in [6, 6.07) is 6.82. The van der Waals surface area contributed by atoms with Crippen molar-refractivity contribution < 1.29 is 18.7 Å². The number of halogens is 3. The molecular weight excluding hydrogens is 482 g/mol. The Balaban J connectivity index is 1.53. The number of carbonyl (C=O) groups excluding carboxylic acids is 1. The van der Waals surface area contributed by atoms with Crippen LogP contribution in [0, 0.1) is 5.82 Å². The molecule has 0 radical (unpaired) electrons. The maximum Gasteiger partial charge on any atom is 0.245 e. The largest absolute Gasteiger partial charge is 0.488 e. The van der Waals surface area contributed by atoms with Crippen LogP contribution in [0.3, 0.4) is 0 Å². The predicted octanol–water partition coefficient (Wildman–Crippen LogP) is 5.10. The zero-order valence-electron chi connectivity index (χ0n) is 18.1. The Kier molecular flexibility index (Phi) is 6.29. The van der Waals surface area contributed by atoms with Gasteiger partial charge in [0.25, 0.3) is 0 Å². The fourth-order valence-electron chi connectivity index (χ4n) is 4.14. The first-order valence-electron chi connectivity index (χ1n) is 10.8. The SMILES string of the molecule is C=CC(=O)N1CC(c2cc3c(Nc4ccc(Cl)c(Cl)c4F)ncnc3cc2O[C@@H]2CCOC2)C1. The molecule has 3 aromatic rings. The second kappa shape index (κ2) is 9.37. The highest BCUT2D eigenvalue weighted by atomic mass is 35.5. The number of hydrogen-bond acceptors (Lipinski definition) is 6. The number of likely N-dealkylation sites (tertiary alicyclic amines) is 1. The Morgan fingerprint density at radius 3 is 2.85 bits per heavy atom. The number of ether oxygens (including phenoxy) is 2. The van der Waals surface area contributed by atoms with Crippen LogP contribution in [0.25, 0.3) is 10.9 Å². The standard InChI is InChI=1S/C24H21Cl2FN4O3/c1-2-21(32)31-9-13(10-31)15-7-16-19(8-20(15)34-14-5-6-33-11-14)28-12-29-24(16)30-18-4-3-17(25)22(26)23(18)27/h2-4,7-8,12-14H,1,5-6,9-11H2,(H,28,29,30)/t14-/m1/s1. The molecule has 1 aromatic heterocycles. The fourth-order valence-corrected chi connectivity index (χ4v) is 4.45. The lowest BCUT2D eigenvalue weighted by molar-refractivity contribution is -0.130. The number of amides is 1. The Labute approximate surface area is 205 Å². The van der Waals surface area contributed by atoms with Crippen molar-refractivity contribution in [2.75, 3.05) is 31.6 Å². The molecule has 176 valence electrons. The van der Waals surface area contributed by atoms with Gasteiger partial charge in [-0.1, -0.05) is 29.8 Å². The molecule has 2 aromatic carbocycles. The maximum absolute atomic E-state index is 14.7. The molecule has 0 bridgehead atoms. The minimum absolute atomic E-state index is 0.0491. The number of aromatic nitrogens is 2. The Bertz CT molecular complexity index is 1280. The van der Waals surface area contributed by atoms with Crippen LogP contribution < -0.4 is 10.1 Å². The van der Waals surface area contributed by atoms with Crippen LogP contribution in [0.2, 0.25) is 10.0 Å². The third kappa shape index (κ3) is 4.29. The third-order valence-electron chi connectivity index (χ3n) is 6.04. The number of nitrogens with one attached hydrogen (secondary N) is 1. The van der Waals surface area contributed by atoms with Gasteiger partial charge in [-0.2, -0.15) is 0 Å². The van der Waals surface area contributed by atoms with Crippen molar-refractivity contribution in [3.63, 3.8) is 0 Å². The molecule has 2 aliphatic rings. The average molecular weight is 503 g/mol. The summed E-state index contributed by atoms with van der Waals surface area (Å²) in [5, 5.41) is 3.65. The fraction of sp³-hybridized carbons (Fsp3) is 0.292. The first kappa shape index (κ1) is 22.8. The maximum atomic E-state index is 14.7. The van der Waals surface area contributed by atoms with Crippen LogP contribution >= 0.6 is 23.2 Å². The zero-order chi connectivity index (χ0) is 23.8. The molecule has 7 nitrogen and oxygen atoms in total. The van der Waals surface area contributed by atoms with Crippen LogP contribution in [-0.2, 0) is 9.53 Å². The second-order valence-electron chi connectivity index (χ2n) is 8.23. The van der Waals surface area contributed by atoms with E-state index in [4.69, 9.17) is 32.7 Å². The monoisotopic (exact) mass is 502 g/mol. The molecule has 0 spiro atoms. The lowest BCUT2D eigenvalue weighted by Crippen LogP contribution is -2.47. The Morgan fingerprint density at radius 1 is 1.29 bits per heavy atom. The van der Waals surface area contributed by atoms with E-state index < -0.39 is 5.82 Å². The van der Waals surface area contributed by atoms with Crippen molar-refractivity contribution in [2.24, 2.45) is 0 Å². The quantitative estimate of drug-likeness (QED) is 0.373. The molecule has 10 heteroatoms. The zero-order valence-corrected chi connectivity index (χ0v) is 19.6. The van der Waals surface area contributed by atoms with Crippen LogP contribution in [0.15, 0.2) is 43.2 Å². The second-order valence-corrected chi connectivity index (χ2v) is 9.01. The normalized spacial score (nSPS) is 18.1. The number of anilines is 2.